The molecule has 5 nitrogen and oxygen atoms in total. The molecule has 2 N–H and O–H groups in total. The van der Waals surface area contributed by atoms with Gasteiger partial charge in [-0.05, 0) is 43.6 Å². The Balaban J connectivity index is 1.91. The summed E-state index contributed by atoms with van der Waals surface area (Å²) in [4.78, 5) is 6.85. The van der Waals surface area contributed by atoms with E-state index < -0.39 is 0 Å². The van der Waals surface area contributed by atoms with Crippen molar-refractivity contribution in [2.75, 3.05) is 25.4 Å². The highest BCUT2D eigenvalue weighted by molar-refractivity contribution is 5.79. The summed E-state index contributed by atoms with van der Waals surface area (Å²) in [6.07, 6.45) is 1.20. The summed E-state index contributed by atoms with van der Waals surface area (Å²) in [5.41, 5.74) is 8.53. The zero-order chi connectivity index (χ0) is 14.1. The van der Waals surface area contributed by atoms with Crippen LogP contribution < -0.4 is 5.73 Å². The molecule has 3 rings (SSSR count). The van der Waals surface area contributed by atoms with Gasteiger partial charge in [-0.25, -0.2) is 4.98 Å². The van der Waals surface area contributed by atoms with Gasteiger partial charge in [-0.3, -0.25) is 0 Å². The van der Waals surface area contributed by atoms with E-state index in [1.807, 2.05) is 12.1 Å². The van der Waals surface area contributed by atoms with Crippen molar-refractivity contribution < 1.29 is 0 Å². The van der Waals surface area contributed by atoms with E-state index >= 15 is 0 Å². The SMILES string of the molecule is CCN1CCC(Cn2c(N)nc3ccc(C#N)cc32)C1. The Bertz CT molecular complexity index is 667. The summed E-state index contributed by atoms with van der Waals surface area (Å²) in [7, 11) is 0. The lowest BCUT2D eigenvalue weighted by atomic mass is 10.1. The van der Waals surface area contributed by atoms with Crippen molar-refractivity contribution in [3.8, 4) is 6.07 Å². The number of anilines is 1. The normalized spacial score (nSPS) is 19.5. The number of nitrogen functional groups attached to an aromatic ring is 1. The molecule has 0 spiro atoms. The lowest BCUT2D eigenvalue weighted by molar-refractivity contribution is 0.334. The number of hydrogen-bond acceptors (Lipinski definition) is 4. The van der Waals surface area contributed by atoms with Crippen molar-refractivity contribution in [3.63, 3.8) is 0 Å². The summed E-state index contributed by atoms with van der Waals surface area (Å²) in [6, 6.07) is 7.71. The molecule has 1 unspecified atom stereocenters. The van der Waals surface area contributed by atoms with Gasteiger partial charge in [0.15, 0.2) is 0 Å². The molecule has 1 saturated heterocycles. The maximum atomic E-state index is 9.03. The number of hydrogen-bond donors (Lipinski definition) is 1. The van der Waals surface area contributed by atoms with Crippen molar-refractivity contribution in [1.29, 1.82) is 5.26 Å². The van der Waals surface area contributed by atoms with E-state index in [0.29, 0.717) is 17.4 Å². The fraction of sp³-hybridized carbons (Fsp3) is 0.467. The molecule has 1 aliphatic heterocycles. The molecule has 1 fully saturated rings. The molecule has 1 aromatic carbocycles. The minimum absolute atomic E-state index is 0.546. The van der Waals surface area contributed by atoms with Gasteiger partial charge in [-0.2, -0.15) is 5.26 Å². The quantitative estimate of drug-likeness (QED) is 0.922. The second-order valence-corrected chi connectivity index (χ2v) is 5.44. The molecule has 2 aromatic rings. The minimum atomic E-state index is 0.546. The Labute approximate surface area is 118 Å². The van der Waals surface area contributed by atoms with Crippen LogP contribution in [0.15, 0.2) is 18.2 Å². The van der Waals surface area contributed by atoms with Crippen LogP contribution in [0.3, 0.4) is 0 Å². The van der Waals surface area contributed by atoms with E-state index in [4.69, 9.17) is 11.0 Å². The topological polar surface area (TPSA) is 70.9 Å². The van der Waals surface area contributed by atoms with Crippen LogP contribution in [-0.2, 0) is 6.54 Å². The first-order valence-electron chi connectivity index (χ1n) is 7.09. The Morgan fingerprint density at radius 3 is 3.05 bits per heavy atom. The maximum absolute atomic E-state index is 9.03. The maximum Gasteiger partial charge on any atom is 0.201 e. The third kappa shape index (κ3) is 2.23. The van der Waals surface area contributed by atoms with E-state index in [9.17, 15) is 0 Å². The molecule has 0 aliphatic carbocycles. The summed E-state index contributed by atoms with van der Waals surface area (Å²) in [6.45, 7) is 6.47. The largest absolute Gasteiger partial charge is 0.369 e. The molecular weight excluding hydrogens is 250 g/mol. The standard InChI is InChI=1S/C15H19N5/c1-2-19-6-5-12(9-19)10-20-14-7-11(8-16)3-4-13(14)18-15(20)17/h3-4,7,12H,2,5-6,9-10H2,1H3,(H2,17,18). The van der Waals surface area contributed by atoms with Gasteiger partial charge in [0.1, 0.15) is 0 Å². The molecule has 2 heterocycles. The van der Waals surface area contributed by atoms with Gasteiger partial charge in [0, 0.05) is 13.1 Å². The number of nitriles is 1. The summed E-state index contributed by atoms with van der Waals surface area (Å²) in [5.74, 6) is 1.16. The zero-order valence-corrected chi connectivity index (χ0v) is 11.7. The van der Waals surface area contributed by atoms with Crippen LogP contribution in [0.4, 0.5) is 5.95 Å². The summed E-state index contributed by atoms with van der Waals surface area (Å²) >= 11 is 0. The number of fused-ring (bicyclic) bond motifs is 1. The van der Waals surface area contributed by atoms with Crippen molar-refractivity contribution in [3.05, 3.63) is 23.8 Å². The van der Waals surface area contributed by atoms with E-state index in [1.54, 1.807) is 6.07 Å². The van der Waals surface area contributed by atoms with E-state index in [2.05, 4.69) is 27.4 Å². The van der Waals surface area contributed by atoms with Gasteiger partial charge >= 0.3 is 0 Å². The number of nitrogens with zero attached hydrogens (tertiary/aromatic N) is 4. The van der Waals surface area contributed by atoms with Crippen molar-refractivity contribution >= 4 is 17.0 Å². The predicted molar refractivity (Wildman–Crippen MR) is 79.1 cm³/mol. The fourth-order valence-corrected chi connectivity index (χ4v) is 3.01. The third-order valence-electron chi connectivity index (χ3n) is 4.16. The number of aromatic nitrogens is 2. The van der Waals surface area contributed by atoms with E-state index in [1.165, 1.54) is 6.42 Å². The highest BCUT2D eigenvalue weighted by atomic mass is 15.2. The summed E-state index contributed by atoms with van der Waals surface area (Å²) < 4.78 is 2.06. The first kappa shape index (κ1) is 12.9. The Morgan fingerprint density at radius 1 is 1.50 bits per heavy atom. The highest BCUT2D eigenvalue weighted by Gasteiger charge is 2.23. The molecule has 20 heavy (non-hydrogen) atoms. The second-order valence-electron chi connectivity index (χ2n) is 5.44. The third-order valence-corrected chi connectivity index (χ3v) is 4.16. The van der Waals surface area contributed by atoms with Crippen LogP contribution in [0, 0.1) is 17.2 Å². The van der Waals surface area contributed by atoms with Crippen molar-refractivity contribution in [2.24, 2.45) is 5.92 Å². The Hall–Kier alpha value is -2.06. The number of benzene rings is 1. The molecular formula is C15H19N5. The van der Waals surface area contributed by atoms with Crippen LogP contribution in [0.1, 0.15) is 18.9 Å². The minimum Gasteiger partial charge on any atom is -0.369 e. The van der Waals surface area contributed by atoms with E-state index in [0.717, 1.165) is 37.2 Å². The fourth-order valence-electron chi connectivity index (χ4n) is 3.01. The van der Waals surface area contributed by atoms with Gasteiger partial charge in [-0.15, -0.1) is 0 Å². The van der Waals surface area contributed by atoms with Crippen LogP contribution in [-0.4, -0.2) is 34.1 Å². The highest BCUT2D eigenvalue weighted by Crippen LogP contribution is 2.24. The van der Waals surface area contributed by atoms with Crippen molar-refractivity contribution in [1.82, 2.24) is 14.5 Å². The molecule has 104 valence electrons. The molecule has 1 aromatic heterocycles. The van der Waals surface area contributed by atoms with Crippen LogP contribution >= 0.6 is 0 Å². The van der Waals surface area contributed by atoms with Crippen LogP contribution in [0.2, 0.25) is 0 Å². The number of likely N-dealkylation sites (tertiary alicyclic amines) is 1. The molecule has 1 atom stereocenters. The monoisotopic (exact) mass is 269 g/mol. The van der Waals surface area contributed by atoms with Gasteiger partial charge < -0.3 is 15.2 Å². The molecule has 0 saturated carbocycles. The average molecular weight is 269 g/mol. The number of imidazole rings is 1. The smallest absolute Gasteiger partial charge is 0.201 e. The molecule has 1 aliphatic rings. The molecule has 0 bridgehead atoms. The first-order chi connectivity index (χ1) is 9.71. The van der Waals surface area contributed by atoms with Crippen LogP contribution in [0.25, 0.3) is 11.0 Å². The Morgan fingerprint density at radius 2 is 2.35 bits per heavy atom. The van der Waals surface area contributed by atoms with Gasteiger partial charge in [-0.1, -0.05) is 6.92 Å². The predicted octanol–water partition coefficient (Wildman–Crippen LogP) is 1.83. The lowest BCUT2D eigenvalue weighted by Gasteiger charge is -2.14. The van der Waals surface area contributed by atoms with Crippen molar-refractivity contribution in [2.45, 2.75) is 19.9 Å². The second kappa shape index (κ2) is 5.14. The Kier molecular flexibility index (Phi) is 3.33. The van der Waals surface area contributed by atoms with Crippen LogP contribution in [0.5, 0.6) is 0 Å². The van der Waals surface area contributed by atoms with Gasteiger partial charge in [0.2, 0.25) is 5.95 Å². The van der Waals surface area contributed by atoms with E-state index in [-0.39, 0.29) is 0 Å². The number of rotatable bonds is 3. The molecule has 5 heteroatoms. The molecule has 0 amide bonds. The summed E-state index contributed by atoms with van der Waals surface area (Å²) in [5, 5.41) is 9.03. The van der Waals surface area contributed by atoms with Gasteiger partial charge in [0.05, 0.1) is 22.7 Å². The number of nitrogens with two attached hydrogens (primary N) is 1. The zero-order valence-electron chi connectivity index (χ0n) is 11.7. The lowest BCUT2D eigenvalue weighted by Crippen LogP contribution is -2.21. The van der Waals surface area contributed by atoms with Gasteiger partial charge in [0.25, 0.3) is 0 Å². The molecule has 0 radical (unpaired) electrons. The average Bonchev–Trinajstić information content (AvgIpc) is 3.04. The first-order valence-corrected chi connectivity index (χ1v) is 7.09.